The average Bonchev–Trinajstić information content (AvgIpc) is 3.03. The van der Waals surface area contributed by atoms with E-state index in [0.29, 0.717) is 12.3 Å². The summed E-state index contributed by atoms with van der Waals surface area (Å²) >= 11 is 0. The zero-order valence-electron chi connectivity index (χ0n) is 9.61. The molecule has 0 aromatic heterocycles. The van der Waals surface area contributed by atoms with E-state index in [4.69, 9.17) is 0 Å². The minimum atomic E-state index is 0.503. The van der Waals surface area contributed by atoms with E-state index in [1.54, 1.807) is 0 Å². The van der Waals surface area contributed by atoms with Crippen molar-refractivity contribution in [2.75, 3.05) is 0 Å². The minimum absolute atomic E-state index is 0.503. The number of fused-ring (bicyclic) bond motifs is 1. The maximum atomic E-state index is 10.8. The first-order chi connectivity index (χ1) is 7.88. The third-order valence-corrected chi connectivity index (χ3v) is 4.09. The zero-order valence-corrected chi connectivity index (χ0v) is 9.61. The van der Waals surface area contributed by atoms with Crippen molar-refractivity contribution in [1.82, 2.24) is 0 Å². The van der Waals surface area contributed by atoms with Gasteiger partial charge >= 0.3 is 0 Å². The van der Waals surface area contributed by atoms with Crippen molar-refractivity contribution in [1.29, 1.82) is 0 Å². The summed E-state index contributed by atoms with van der Waals surface area (Å²) in [6.07, 6.45) is 8.23. The van der Waals surface area contributed by atoms with E-state index in [0.717, 1.165) is 12.2 Å². The molecule has 1 heteroatoms. The Labute approximate surface area is 96.9 Å². The average molecular weight is 214 g/mol. The van der Waals surface area contributed by atoms with Crippen LogP contribution in [0.2, 0.25) is 0 Å². The Bertz CT molecular complexity index is 404. The normalized spacial score (nSPS) is 20.5. The molecule has 0 spiro atoms. The number of aldehydes is 1. The lowest BCUT2D eigenvalue weighted by Crippen LogP contribution is -2.03. The number of aryl methyl sites for hydroxylation is 2. The van der Waals surface area contributed by atoms with Crippen LogP contribution in [0.1, 0.15) is 48.3 Å². The van der Waals surface area contributed by atoms with Gasteiger partial charge in [-0.05, 0) is 60.6 Å². The van der Waals surface area contributed by atoms with Crippen LogP contribution in [0.15, 0.2) is 18.2 Å². The van der Waals surface area contributed by atoms with Crippen LogP contribution in [-0.4, -0.2) is 6.29 Å². The molecule has 16 heavy (non-hydrogen) atoms. The van der Waals surface area contributed by atoms with Gasteiger partial charge in [-0.25, -0.2) is 0 Å². The van der Waals surface area contributed by atoms with Crippen LogP contribution in [0.4, 0.5) is 0 Å². The Morgan fingerprint density at radius 1 is 1.25 bits per heavy atom. The van der Waals surface area contributed by atoms with Gasteiger partial charge in [-0.2, -0.15) is 0 Å². The molecule has 2 aliphatic rings. The molecule has 1 nitrogen and oxygen atoms in total. The second-order valence-corrected chi connectivity index (χ2v) is 5.23. The summed E-state index contributed by atoms with van der Waals surface area (Å²) in [6.45, 7) is 0. The van der Waals surface area contributed by atoms with E-state index in [9.17, 15) is 4.79 Å². The number of benzene rings is 1. The molecular formula is C15H18O. The third kappa shape index (κ3) is 1.79. The summed E-state index contributed by atoms with van der Waals surface area (Å²) in [4.78, 5) is 10.8. The van der Waals surface area contributed by atoms with Gasteiger partial charge in [0, 0.05) is 6.42 Å². The molecule has 1 unspecified atom stereocenters. The molecule has 1 aromatic carbocycles. The van der Waals surface area contributed by atoms with E-state index in [1.165, 1.54) is 48.8 Å². The van der Waals surface area contributed by atoms with Gasteiger partial charge < -0.3 is 4.79 Å². The summed E-state index contributed by atoms with van der Waals surface area (Å²) in [5.41, 5.74) is 4.48. The molecule has 0 bridgehead atoms. The van der Waals surface area contributed by atoms with E-state index in [2.05, 4.69) is 18.2 Å². The summed E-state index contributed by atoms with van der Waals surface area (Å²) in [5, 5.41) is 0. The van der Waals surface area contributed by atoms with Crippen LogP contribution in [0, 0.1) is 5.92 Å². The minimum Gasteiger partial charge on any atom is -0.303 e. The largest absolute Gasteiger partial charge is 0.303 e. The fourth-order valence-corrected chi connectivity index (χ4v) is 3.03. The molecule has 1 atom stereocenters. The highest BCUT2D eigenvalue weighted by molar-refractivity contribution is 5.52. The molecule has 84 valence electrons. The summed E-state index contributed by atoms with van der Waals surface area (Å²) < 4.78 is 0. The molecule has 3 rings (SSSR count). The topological polar surface area (TPSA) is 17.1 Å². The highest BCUT2D eigenvalue weighted by atomic mass is 16.1. The molecule has 1 aromatic rings. The highest BCUT2D eigenvalue weighted by Gasteiger charge is 2.32. The van der Waals surface area contributed by atoms with Gasteiger partial charge in [0.2, 0.25) is 0 Å². The van der Waals surface area contributed by atoms with Crippen LogP contribution in [0.5, 0.6) is 0 Å². The Hall–Kier alpha value is -1.11. The molecule has 0 saturated heterocycles. The van der Waals surface area contributed by atoms with Crippen molar-refractivity contribution in [3.63, 3.8) is 0 Å². The Morgan fingerprint density at radius 3 is 2.81 bits per heavy atom. The summed E-state index contributed by atoms with van der Waals surface area (Å²) in [5.74, 6) is 1.29. The lowest BCUT2D eigenvalue weighted by molar-refractivity contribution is -0.108. The second kappa shape index (κ2) is 4.04. The number of carbonyl (C=O) groups is 1. The maximum Gasteiger partial charge on any atom is 0.120 e. The SMILES string of the molecule is O=CCC(c1ccc2c(c1)CCC2)C1CC1. The molecular weight excluding hydrogens is 196 g/mol. The summed E-state index contributed by atoms with van der Waals surface area (Å²) in [6, 6.07) is 6.92. The first kappa shape index (κ1) is 10.1. The van der Waals surface area contributed by atoms with Crippen molar-refractivity contribution in [3.05, 3.63) is 34.9 Å². The van der Waals surface area contributed by atoms with Crippen LogP contribution >= 0.6 is 0 Å². The smallest absolute Gasteiger partial charge is 0.120 e. The fourth-order valence-electron chi connectivity index (χ4n) is 3.03. The van der Waals surface area contributed by atoms with E-state index in [-0.39, 0.29) is 0 Å². The van der Waals surface area contributed by atoms with Crippen LogP contribution in [0.3, 0.4) is 0 Å². The number of rotatable bonds is 4. The van der Waals surface area contributed by atoms with Crippen LogP contribution < -0.4 is 0 Å². The predicted molar refractivity (Wildman–Crippen MR) is 64.6 cm³/mol. The maximum absolute atomic E-state index is 10.8. The second-order valence-electron chi connectivity index (χ2n) is 5.23. The Kier molecular flexibility index (Phi) is 2.55. The monoisotopic (exact) mass is 214 g/mol. The molecule has 0 aliphatic heterocycles. The van der Waals surface area contributed by atoms with Crippen LogP contribution in [0.25, 0.3) is 0 Å². The zero-order chi connectivity index (χ0) is 11.0. The Balaban J connectivity index is 1.89. The van der Waals surface area contributed by atoms with Crippen LogP contribution in [-0.2, 0) is 17.6 Å². The summed E-state index contributed by atoms with van der Waals surface area (Å²) in [7, 11) is 0. The molecule has 0 heterocycles. The first-order valence-electron chi connectivity index (χ1n) is 6.44. The molecule has 0 radical (unpaired) electrons. The van der Waals surface area contributed by atoms with Gasteiger partial charge in [-0.1, -0.05) is 18.2 Å². The van der Waals surface area contributed by atoms with E-state index in [1.807, 2.05) is 0 Å². The number of carbonyl (C=O) groups excluding carboxylic acids is 1. The quantitative estimate of drug-likeness (QED) is 0.703. The van der Waals surface area contributed by atoms with Gasteiger partial charge in [-0.3, -0.25) is 0 Å². The predicted octanol–water partition coefficient (Wildman–Crippen LogP) is 3.26. The standard InChI is InChI=1S/C15H18O/c16-9-8-15(12-5-6-12)14-7-4-11-2-1-3-13(11)10-14/h4,7,9-10,12,15H,1-3,5-6,8H2. The first-order valence-corrected chi connectivity index (χ1v) is 6.44. The number of hydrogen-bond donors (Lipinski definition) is 0. The van der Waals surface area contributed by atoms with Gasteiger partial charge in [0.05, 0.1) is 0 Å². The molecule has 0 N–H and O–H groups in total. The Morgan fingerprint density at radius 2 is 2.06 bits per heavy atom. The van der Waals surface area contributed by atoms with E-state index < -0.39 is 0 Å². The lowest BCUT2D eigenvalue weighted by atomic mass is 9.89. The number of hydrogen-bond acceptors (Lipinski definition) is 1. The van der Waals surface area contributed by atoms with Gasteiger partial charge in [0.25, 0.3) is 0 Å². The lowest BCUT2D eigenvalue weighted by Gasteiger charge is -2.15. The molecule has 1 fully saturated rings. The van der Waals surface area contributed by atoms with Gasteiger partial charge in [0.15, 0.2) is 0 Å². The van der Waals surface area contributed by atoms with Crippen molar-refractivity contribution < 1.29 is 4.79 Å². The van der Waals surface area contributed by atoms with Crippen molar-refractivity contribution in [2.45, 2.75) is 44.4 Å². The molecule has 2 aliphatic carbocycles. The third-order valence-electron chi connectivity index (χ3n) is 4.09. The van der Waals surface area contributed by atoms with Crippen molar-refractivity contribution >= 4 is 6.29 Å². The molecule has 1 saturated carbocycles. The molecule has 0 amide bonds. The highest BCUT2D eigenvalue weighted by Crippen LogP contribution is 2.44. The van der Waals surface area contributed by atoms with Crippen molar-refractivity contribution in [3.8, 4) is 0 Å². The van der Waals surface area contributed by atoms with Crippen molar-refractivity contribution in [2.24, 2.45) is 5.92 Å². The van der Waals surface area contributed by atoms with Gasteiger partial charge in [-0.15, -0.1) is 0 Å². The van der Waals surface area contributed by atoms with Gasteiger partial charge in [0.1, 0.15) is 6.29 Å². The fraction of sp³-hybridized carbons (Fsp3) is 0.533. The van der Waals surface area contributed by atoms with E-state index >= 15 is 0 Å².